The summed E-state index contributed by atoms with van der Waals surface area (Å²) in [6.07, 6.45) is 4.81. The molecule has 5 nitrogen and oxygen atoms in total. The number of ether oxygens (including phenoxy) is 1. The number of hydrazone groups is 1. The van der Waals surface area contributed by atoms with Crippen molar-refractivity contribution in [1.29, 1.82) is 0 Å². The van der Waals surface area contributed by atoms with Gasteiger partial charge in [0.05, 0.1) is 6.21 Å². The Bertz CT molecular complexity index is 965. The van der Waals surface area contributed by atoms with E-state index in [0.29, 0.717) is 11.3 Å². The van der Waals surface area contributed by atoms with Crippen molar-refractivity contribution in [2.45, 2.75) is 26.2 Å². The molecule has 0 aliphatic carbocycles. The van der Waals surface area contributed by atoms with Crippen LogP contribution in [0.5, 0.6) is 11.5 Å². The molecule has 0 aliphatic rings. The number of fused-ring (bicyclic) bond motifs is 1. The minimum atomic E-state index is -0.369. The Morgan fingerprint density at radius 3 is 2.68 bits per heavy atom. The molecule has 28 heavy (non-hydrogen) atoms. The minimum Gasteiger partial charge on any atom is -0.507 e. The molecule has 3 rings (SSSR count). The standard InChI is InChI=1S/C23H24N2O3/c1-2-3-6-17-9-12-19(13-10-17)28-16-23(27)25-24-15-21-20-8-5-4-7-18(20)11-14-22(21)26/h4-5,7-15,26H,2-3,6,16H2,1H3,(H,25,27)/b24-15+. The smallest absolute Gasteiger partial charge is 0.277 e. The van der Waals surface area contributed by atoms with E-state index in [9.17, 15) is 9.90 Å². The molecule has 0 bridgehead atoms. The van der Waals surface area contributed by atoms with Crippen molar-refractivity contribution < 1.29 is 14.6 Å². The van der Waals surface area contributed by atoms with Crippen LogP contribution in [0.3, 0.4) is 0 Å². The van der Waals surface area contributed by atoms with Gasteiger partial charge in [0.15, 0.2) is 6.61 Å². The summed E-state index contributed by atoms with van der Waals surface area (Å²) in [7, 11) is 0. The Morgan fingerprint density at radius 2 is 1.89 bits per heavy atom. The number of nitrogens with zero attached hydrogens (tertiary/aromatic N) is 1. The van der Waals surface area contributed by atoms with Gasteiger partial charge in [0.1, 0.15) is 11.5 Å². The first-order chi connectivity index (χ1) is 13.7. The summed E-state index contributed by atoms with van der Waals surface area (Å²) in [6.45, 7) is 2.04. The molecule has 144 valence electrons. The molecule has 0 fully saturated rings. The summed E-state index contributed by atoms with van der Waals surface area (Å²) in [5.41, 5.74) is 4.25. The predicted octanol–water partition coefficient (Wildman–Crippen LogP) is 4.42. The molecule has 2 N–H and O–H groups in total. The number of phenolic OH excluding ortho intramolecular Hbond substituents is 1. The third-order valence-electron chi connectivity index (χ3n) is 4.44. The average Bonchev–Trinajstić information content (AvgIpc) is 2.73. The number of benzene rings is 3. The topological polar surface area (TPSA) is 70.9 Å². The van der Waals surface area contributed by atoms with Gasteiger partial charge < -0.3 is 9.84 Å². The van der Waals surface area contributed by atoms with Gasteiger partial charge in [-0.2, -0.15) is 5.10 Å². The zero-order valence-electron chi connectivity index (χ0n) is 15.9. The summed E-state index contributed by atoms with van der Waals surface area (Å²) < 4.78 is 5.49. The van der Waals surface area contributed by atoms with E-state index < -0.39 is 0 Å². The van der Waals surface area contributed by atoms with Gasteiger partial charge in [-0.1, -0.05) is 55.8 Å². The highest BCUT2D eigenvalue weighted by molar-refractivity contribution is 6.02. The highest BCUT2D eigenvalue weighted by Crippen LogP contribution is 2.25. The first-order valence-corrected chi connectivity index (χ1v) is 9.41. The third-order valence-corrected chi connectivity index (χ3v) is 4.44. The van der Waals surface area contributed by atoms with E-state index in [2.05, 4.69) is 17.5 Å². The molecule has 1 amide bonds. The number of aryl methyl sites for hydroxylation is 1. The fourth-order valence-corrected chi connectivity index (χ4v) is 2.90. The van der Waals surface area contributed by atoms with Crippen LogP contribution in [-0.4, -0.2) is 23.8 Å². The van der Waals surface area contributed by atoms with E-state index >= 15 is 0 Å². The van der Waals surface area contributed by atoms with Crippen LogP contribution in [0, 0.1) is 0 Å². The number of unbranched alkanes of at least 4 members (excludes halogenated alkanes) is 1. The number of carbonyl (C=O) groups excluding carboxylic acids is 1. The normalized spacial score (nSPS) is 11.0. The second-order valence-electron chi connectivity index (χ2n) is 6.55. The van der Waals surface area contributed by atoms with Crippen molar-refractivity contribution in [3.63, 3.8) is 0 Å². The third kappa shape index (κ3) is 5.10. The zero-order chi connectivity index (χ0) is 19.8. The Morgan fingerprint density at radius 1 is 1.11 bits per heavy atom. The molecule has 3 aromatic rings. The van der Waals surface area contributed by atoms with Gasteiger partial charge in [0.25, 0.3) is 5.91 Å². The highest BCUT2D eigenvalue weighted by atomic mass is 16.5. The SMILES string of the molecule is CCCCc1ccc(OCC(=O)N/N=C/c2c(O)ccc3ccccc23)cc1. The molecule has 0 saturated heterocycles. The Balaban J connectivity index is 1.54. The van der Waals surface area contributed by atoms with Crippen molar-refractivity contribution >= 4 is 22.9 Å². The number of aromatic hydroxyl groups is 1. The van der Waals surface area contributed by atoms with Gasteiger partial charge in [-0.25, -0.2) is 5.43 Å². The number of amides is 1. The van der Waals surface area contributed by atoms with Crippen LogP contribution in [0.2, 0.25) is 0 Å². The van der Waals surface area contributed by atoms with Crippen molar-refractivity contribution in [3.8, 4) is 11.5 Å². The van der Waals surface area contributed by atoms with Gasteiger partial charge in [0.2, 0.25) is 0 Å². The Kier molecular flexibility index (Phi) is 6.63. The monoisotopic (exact) mass is 376 g/mol. The highest BCUT2D eigenvalue weighted by Gasteiger charge is 2.05. The summed E-state index contributed by atoms with van der Waals surface area (Å²) >= 11 is 0. The van der Waals surface area contributed by atoms with Gasteiger partial charge in [0, 0.05) is 5.56 Å². The molecule has 0 saturated carbocycles. The Labute approximate surface area is 164 Å². The van der Waals surface area contributed by atoms with Gasteiger partial charge in [-0.15, -0.1) is 0 Å². The molecule has 0 spiro atoms. The van der Waals surface area contributed by atoms with Crippen LogP contribution in [0.25, 0.3) is 10.8 Å². The number of nitrogens with one attached hydrogen (secondary N) is 1. The van der Waals surface area contributed by atoms with Gasteiger partial charge >= 0.3 is 0 Å². The van der Waals surface area contributed by atoms with E-state index in [1.54, 1.807) is 6.07 Å². The summed E-state index contributed by atoms with van der Waals surface area (Å²) in [4.78, 5) is 12.0. The maximum atomic E-state index is 12.0. The first kappa shape index (κ1) is 19.4. The molecule has 0 heterocycles. The lowest BCUT2D eigenvalue weighted by molar-refractivity contribution is -0.123. The fourth-order valence-electron chi connectivity index (χ4n) is 2.90. The molecular formula is C23H24N2O3. The van der Waals surface area contributed by atoms with Crippen LogP contribution in [0.4, 0.5) is 0 Å². The molecular weight excluding hydrogens is 352 g/mol. The molecule has 0 aromatic heterocycles. The molecule has 5 heteroatoms. The van der Waals surface area contributed by atoms with E-state index in [0.717, 1.165) is 30.0 Å². The van der Waals surface area contributed by atoms with E-state index in [1.165, 1.54) is 11.8 Å². The second kappa shape index (κ2) is 9.55. The van der Waals surface area contributed by atoms with E-state index in [1.807, 2.05) is 54.6 Å². The zero-order valence-corrected chi connectivity index (χ0v) is 15.9. The van der Waals surface area contributed by atoms with Crippen molar-refractivity contribution in [1.82, 2.24) is 5.43 Å². The lowest BCUT2D eigenvalue weighted by Crippen LogP contribution is -2.24. The van der Waals surface area contributed by atoms with Crippen LogP contribution in [-0.2, 0) is 11.2 Å². The van der Waals surface area contributed by atoms with Gasteiger partial charge in [-0.3, -0.25) is 4.79 Å². The lowest BCUT2D eigenvalue weighted by atomic mass is 10.0. The quantitative estimate of drug-likeness (QED) is 0.452. The second-order valence-corrected chi connectivity index (χ2v) is 6.55. The maximum absolute atomic E-state index is 12.0. The minimum absolute atomic E-state index is 0.108. The van der Waals surface area contributed by atoms with E-state index in [-0.39, 0.29) is 18.3 Å². The predicted molar refractivity (Wildman–Crippen MR) is 112 cm³/mol. The number of hydrogen-bond acceptors (Lipinski definition) is 4. The average molecular weight is 376 g/mol. The van der Waals surface area contributed by atoms with Crippen LogP contribution in [0.1, 0.15) is 30.9 Å². The summed E-state index contributed by atoms with van der Waals surface area (Å²) in [5.74, 6) is 0.383. The maximum Gasteiger partial charge on any atom is 0.277 e. The van der Waals surface area contributed by atoms with E-state index in [4.69, 9.17) is 4.74 Å². The largest absolute Gasteiger partial charge is 0.507 e. The van der Waals surface area contributed by atoms with Crippen LogP contribution >= 0.6 is 0 Å². The number of carbonyl (C=O) groups is 1. The lowest BCUT2D eigenvalue weighted by Gasteiger charge is -2.07. The fraction of sp³-hybridized carbons (Fsp3) is 0.217. The van der Waals surface area contributed by atoms with Crippen molar-refractivity contribution in [2.24, 2.45) is 5.10 Å². The summed E-state index contributed by atoms with van der Waals surface area (Å²) in [5, 5.41) is 15.9. The number of rotatable bonds is 8. The first-order valence-electron chi connectivity index (χ1n) is 9.41. The van der Waals surface area contributed by atoms with Crippen molar-refractivity contribution in [3.05, 3.63) is 71.8 Å². The number of phenols is 1. The van der Waals surface area contributed by atoms with Gasteiger partial charge in [-0.05, 0) is 47.4 Å². The Hall–Kier alpha value is -3.34. The molecule has 0 radical (unpaired) electrons. The number of hydrogen-bond donors (Lipinski definition) is 2. The molecule has 0 aliphatic heterocycles. The van der Waals surface area contributed by atoms with Crippen LogP contribution in [0.15, 0.2) is 65.8 Å². The molecule has 3 aromatic carbocycles. The molecule has 0 atom stereocenters. The van der Waals surface area contributed by atoms with Crippen LogP contribution < -0.4 is 10.2 Å². The molecule has 0 unspecified atom stereocenters. The van der Waals surface area contributed by atoms with Crippen molar-refractivity contribution in [2.75, 3.05) is 6.61 Å². The summed E-state index contributed by atoms with van der Waals surface area (Å²) in [6, 6.07) is 18.9.